The van der Waals surface area contributed by atoms with E-state index in [1.807, 2.05) is 30.4 Å². The number of ketones is 1. The van der Waals surface area contributed by atoms with Crippen molar-refractivity contribution in [2.75, 3.05) is 6.61 Å². The van der Waals surface area contributed by atoms with Gasteiger partial charge in [0.15, 0.2) is 17.3 Å². The predicted molar refractivity (Wildman–Crippen MR) is 158 cm³/mol. The summed E-state index contributed by atoms with van der Waals surface area (Å²) in [5.41, 5.74) is 0.883. The van der Waals surface area contributed by atoms with Crippen LogP contribution in [0.2, 0.25) is 0 Å². The van der Waals surface area contributed by atoms with Crippen molar-refractivity contribution in [2.45, 2.75) is 77.3 Å². The average Bonchev–Trinajstić information content (AvgIpc) is 3.07. The minimum absolute atomic E-state index is 0.298. The first-order valence-electron chi connectivity index (χ1n) is 14.8. The summed E-state index contributed by atoms with van der Waals surface area (Å²) in [6.45, 7) is 1.58. The predicted octanol–water partition coefficient (Wildman–Crippen LogP) is 5.41. The molecule has 1 aromatic rings. The lowest BCUT2D eigenvalue weighted by Crippen LogP contribution is -2.52. The van der Waals surface area contributed by atoms with Crippen molar-refractivity contribution in [3.8, 4) is 5.75 Å². The Labute approximate surface area is 255 Å². The fourth-order valence-corrected chi connectivity index (χ4v) is 5.32. The van der Waals surface area contributed by atoms with Gasteiger partial charge in [0.2, 0.25) is 17.6 Å². The number of amides is 2. The molecule has 0 heterocycles. The Morgan fingerprint density at radius 3 is 2.34 bits per heavy atom. The number of ether oxygens (including phenoxy) is 1. The summed E-state index contributed by atoms with van der Waals surface area (Å²) < 4.78 is 46.5. The first-order valence-corrected chi connectivity index (χ1v) is 14.8. The molecule has 0 saturated heterocycles. The van der Waals surface area contributed by atoms with E-state index in [-0.39, 0.29) is 17.4 Å². The van der Waals surface area contributed by atoms with Gasteiger partial charge in [0, 0.05) is 17.5 Å². The quantitative estimate of drug-likeness (QED) is 0.286. The second-order valence-corrected chi connectivity index (χ2v) is 11.2. The SMILES string of the molecule is Cc1c(F)cc(F)c(F)c1OCC(=O)C(CC(=O)O)NC(=O)[C@H](C)NC(=O)C1CCCCC(C2=C/C=C\C=C/C=C2)CCC1. The molecule has 238 valence electrons. The third-order valence-electron chi connectivity index (χ3n) is 7.88. The number of hydrogen-bond donors (Lipinski definition) is 3. The van der Waals surface area contributed by atoms with Crippen LogP contribution in [0.3, 0.4) is 0 Å². The molecule has 2 aliphatic carbocycles. The van der Waals surface area contributed by atoms with Crippen molar-refractivity contribution < 1.29 is 42.2 Å². The largest absolute Gasteiger partial charge is 0.482 e. The zero-order valence-electron chi connectivity index (χ0n) is 24.9. The van der Waals surface area contributed by atoms with Crippen molar-refractivity contribution in [3.63, 3.8) is 0 Å². The normalized spacial score (nSPS) is 21.5. The summed E-state index contributed by atoms with van der Waals surface area (Å²) in [4.78, 5) is 50.1. The molecule has 0 radical (unpaired) electrons. The summed E-state index contributed by atoms with van der Waals surface area (Å²) >= 11 is 0. The van der Waals surface area contributed by atoms with Gasteiger partial charge in [-0.1, -0.05) is 61.8 Å². The zero-order chi connectivity index (χ0) is 32.2. The topological polar surface area (TPSA) is 122 Å². The van der Waals surface area contributed by atoms with Crippen LogP contribution < -0.4 is 15.4 Å². The number of nitrogens with one attached hydrogen (secondary N) is 2. The number of carbonyl (C=O) groups is 4. The number of Topliss-reactive ketones (excluding diaryl/α,β-unsaturated/α-hetero) is 1. The van der Waals surface area contributed by atoms with Crippen molar-refractivity contribution in [1.29, 1.82) is 0 Å². The number of hydrogen-bond acceptors (Lipinski definition) is 5. The lowest BCUT2D eigenvalue weighted by Gasteiger charge is -2.22. The number of halogens is 3. The molecule has 3 unspecified atom stereocenters. The van der Waals surface area contributed by atoms with Gasteiger partial charge in [-0.3, -0.25) is 19.2 Å². The minimum atomic E-state index is -1.59. The molecule has 0 spiro atoms. The first-order chi connectivity index (χ1) is 21.0. The minimum Gasteiger partial charge on any atom is -0.482 e. The molecule has 1 aromatic carbocycles. The van der Waals surface area contributed by atoms with Crippen molar-refractivity contribution in [1.82, 2.24) is 10.6 Å². The highest BCUT2D eigenvalue weighted by Gasteiger charge is 2.29. The molecule has 11 heteroatoms. The fourth-order valence-electron chi connectivity index (χ4n) is 5.32. The highest BCUT2D eigenvalue weighted by Crippen LogP contribution is 2.31. The summed E-state index contributed by atoms with van der Waals surface area (Å²) in [5, 5.41) is 14.2. The van der Waals surface area contributed by atoms with Crippen LogP contribution in [0.25, 0.3) is 0 Å². The molecule has 0 aliphatic heterocycles. The third kappa shape index (κ3) is 9.96. The van der Waals surface area contributed by atoms with E-state index in [9.17, 15) is 37.5 Å². The van der Waals surface area contributed by atoms with Crippen LogP contribution in [-0.4, -0.2) is 47.4 Å². The molecule has 3 N–H and O–H groups in total. The average molecular weight is 617 g/mol. The number of allylic oxidation sites excluding steroid dienone is 8. The third-order valence-corrected chi connectivity index (χ3v) is 7.88. The number of benzene rings is 1. The molecule has 1 saturated carbocycles. The molecule has 0 bridgehead atoms. The van der Waals surface area contributed by atoms with Gasteiger partial charge in [0.25, 0.3) is 0 Å². The number of carboxylic acid groups (broad SMARTS) is 1. The van der Waals surface area contributed by atoms with Gasteiger partial charge in [-0.05, 0) is 51.0 Å². The number of carboxylic acids is 1. The maximum atomic E-state index is 14.1. The molecule has 0 aromatic heterocycles. The van der Waals surface area contributed by atoms with Gasteiger partial charge in [-0.25, -0.2) is 8.78 Å². The molecular formula is C33H39F3N2O6. The highest BCUT2D eigenvalue weighted by atomic mass is 19.2. The van der Waals surface area contributed by atoms with Crippen LogP contribution in [0.1, 0.15) is 63.9 Å². The Kier molecular flexibility index (Phi) is 13.0. The molecule has 8 nitrogen and oxygen atoms in total. The molecule has 3 rings (SSSR count). The van der Waals surface area contributed by atoms with Gasteiger partial charge in [-0.15, -0.1) is 0 Å². The smallest absolute Gasteiger partial charge is 0.305 e. The summed E-state index contributed by atoms with van der Waals surface area (Å²) in [7, 11) is 0. The van der Waals surface area contributed by atoms with Gasteiger partial charge in [0.05, 0.1) is 6.42 Å². The lowest BCUT2D eigenvalue weighted by atomic mass is 9.88. The van der Waals surface area contributed by atoms with E-state index in [1.165, 1.54) is 12.5 Å². The molecule has 2 amide bonds. The Hall–Kier alpha value is -4.15. The fraction of sp³-hybridized carbons (Fsp3) is 0.455. The van der Waals surface area contributed by atoms with Crippen LogP contribution in [0.15, 0.2) is 54.2 Å². The maximum Gasteiger partial charge on any atom is 0.305 e. The van der Waals surface area contributed by atoms with E-state index in [4.69, 9.17) is 4.74 Å². The van der Waals surface area contributed by atoms with Gasteiger partial charge in [0.1, 0.15) is 24.5 Å². The summed E-state index contributed by atoms with van der Waals surface area (Å²) in [6.07, 6.45) is 19.3. The van der Waals surface area contributed by atoms with Crippen LogP contribution in [-0.2, 0) is 19.2 Å². The summed E-state index contributed by atoms with van der Waals surface area (Å²) in [5.74, 6) is -8.33. The maximum absolute atomic E-state index is 14.1. The molecule has 2 aliphatic rings. The van der Waals surface area contributed by atoms with Gasteiger partial charge >= 0.3 is 5.97 Å². The Morgan fingerprint density at radius 2 is 1.59 bits per heavy atom. The summed E-state index contributed by atoms with van der Waals surface area (Å²) in [6, 6.07) is -2.35. The molecule has 1 fully saturated rings. The van der Waals surface area contributed by atoms with E-state index in [2.05, 4.69) is 22.8 Å². The van der Waals surface area contributed by atoms with E-state index in [1.54, 1.807) is 0 Å². The number of rotatable bonds is 11. The Morgan fingerprint density at radius 1 is 0.932 bits per heavy atom. The van der Waals surface area contributed by atoms with E-state index in [0.29, 0.717) is 24.8 Å². The van der Waals surface area contributed by atoms with Crippen LogP contribution >= 0.6 is 0 Å². The van der Waals surface area contributed by atoms with Gasteiger partial charge < -0.3 is 20.5 Å². The van der Waals surface area contributed by atoms with Crippen molar-refractivity contribution in [2.24, 2.45) is 11.8 Å². The standard InChI is InChI=1S/C33H39F3N2O6/c1-20-25(34)17-26(35)30(36)31(20)44-19-28(39)27(18-29(40)41)38-32(42)21(2)37-33(43)24-14-9-8-13-23(15-10-16-24)22-11-6-4-3-5-7-12-22/h3-7,11-12,17,21,23-24,27H,8-10,13-16,18-19H2,1-2H3,(H,37,43)(H,38,42)(H,40,41)/b4-3-,5-3?,6-4?,7-5-,11-6?,12-7?,22-11?,22-12?/t21-,23?,24?,27?/m0/s1. The van der Waals surface area contributed by atoms with Crippen LogP contribution in [0.5, 0.6) is 5.75 Å². The number of aliphatic carboxylic acids is 1. The Bertz CT molecular complexity index is 1330. The van der Waals surface area contributed by atoms with E-state index < -0.39 is 66.0 Å². The van der Waals surface area contributed by atoms with Crippen molar-refractivity contribution >= 4 is 23.6 Å². The first kappa shape index (κ1) is 34.3. The monoisotopic (exact) mass is 616 g/mol. The molecular weight excluding hydrogens is 577 g/mol. The van der Waals surface area contributed by atoms with E-state index in [0.717, 1.165) is 39.0 Å². The molecule has 4 atom stereocenters. The van der Waals surface area contributed by atoms with Crippen LogP contribution in [0, 0.1) is 36.2 Å². The molecule has 44 heavy (non-hydrogen) atoms. The second-order valence-electron chi connectivity index (χ2n) is 11.2. The Balaban J connectivity index is 1.56. The van der Waals surface area contributed by atoms with E-state index >= 15 is 0 Å². The second kappa shape index (κ2) is 16.6. The van der Waals surface area contributed by atoms with Crippen LogP contribution in [0.4, 0.5) is 13.2 Å². The zero-order valence-corrected chi connectivity index (χ0v) is 24.9. The lowest BCUT2D eigenvalue weighted by molar-refractivity contribution is -0.141. The van der Waals surface area contributed by atoms with Crippen molar-refractivity contribution in [3.05, 3.63) is 77.2 Å². The van der Waals surface area contributed by atoms with Gasteiger partial charge in [-0.2, -0.15) is 4.39 Å². The number of carbonyl (C=O) groups excluding carboxylic acids is 3. The highest BCUT2D eigenvalue weighted by molar-refractivity contribution is 5.95.